The number of alkyl halides is 2. The van der Waals surface area contributed by atoms with E-state index in [2.05, 4.69) is 30.5 Å². The molecule has 0 unspecified atom stereocenters. The van der Waals surface area contributed by atoms with Gasteiger partial charge in [0.15, 0.2) is 5.69 Å². The summed E-state index contributed by atoms with van der Waals surface area (Å²) in [6, 6.07) is 0.166. The third-order valence-electron chi connectivity index (χ3n) is 5.66. The summed E-state index contributed by atoms with van der Waals surface area (Å²) in [5, 5.41) is 9.79. The van der Waals surface area contributed by atoms with Crippen LogP contribution in [0.3, 0.4) is 0 Å². The van der Waals surface area contributed by atoms with Crippen molar-refractivity contribution in [1.29, 1.82) is 0 Å². The Bertz CT molecular complexity index is 1020. The lowest BCUT2D eigenvalue weighted by molar-refractivity contribution is -0.150. The Labute approximate surface area is 164 Å². The molecule has 1 aliphatic carbocycles. The normalized spacial score (nSPS) is 24.3. The minimum absolute atomic E-state index is 0.00910. The second-order valence-electron chi connectivity index (χ2n) is 7.71. The summed E-state index contributed by atoms with van der Waals surface area (Å²) in [5.74, 6) is -2.51. The fraction of sp³-hybridized carbons (Fsp3) is 0.500. The van der Waals surface area contributed by atoms with Gasteiger partial charge in [-0.15, -0.1) is 0 Å². The van der Waals surface area contributed by atoms with Crippen molar-refractivity contribution in [3.8, 4) is 5.95 Å². The summed E-state index contributed by atoms with van der Waals surface area (Å²) < 4.78 is 27.8. The Morgan fingerprint density at radius 1 is 1.21 bits per heavy atom. The fourth-order valence-electron chi connectivity index (χ4n) is 4.13. The molecule has 11 heteroatoms. The molecule has 0 aromatic carbocycles. The van der Waals surface area contributed by atoms with E-state index in [0.29, 0.717) is 17.0 Å². The summed E-state index contributed by atoms with van der Waals surface area (Å²) in [7, 11) is 0. The van der Waals surface area contributed by atoms with E-state index in [1.54, 1.807) is 29.5 Å². The SMILES string of the molecule is O=C(NC1CCC(N2CC(F)(F)C2)CC1)c1nc(-n2ccnc2)nc2cn[nH]c12. The number of aromatic nitrogens is 6. The molecule has 0 radical (unpaired) electrons. The maximum absolute atomic E-state index is 13.1. The number of carbonyl (C=O) groups excluding carboxylic acids is 1. The summed E-state index contributed by atoms with van der Waals surface area (Å²) in [6.07, 6.45) is 9.51. The molecule has 1 aliphatic heterocycles. The molecule has 3 aromatic rings. The minimum atomic E-state index is -2.54. The molecule has 5 rings (SSSR count). The van der Waals surface area contributed by atoms with Gasteiger partial charge in [0.1, 0.15) is 17.4 Å². The minimum Gasteiger partial charge on any atom is -0.348 e. The third kappa shape index (κ3) is 3.46. The van der Waals surface area contributed by atoms with Crippen molar-refractivity contribution in [2.24, 2.45) is 0 Å². The molecule has 152 valence electrons. The Morgan fingerprint density at radius 2 is 2.00 bits per heavy atom. The van der Waals surface area contributed by atoms with E-state index in [0.717, 1.165) is 25.7 Å². The highest BCUT2D eigenvalue weighted by Gasteiger charge is 2.47. The van der Waals surface area contributed by atoms with Crippen molar-refractivity contribution in [3.05, 3.63) is 30.6 Å². The summed E-state index contributed by atoms with van der Waals surface area (Å²) in [6.45, 7) is -0.297. The highest BCUT2D eigenvalue weighted by molar-refractivity contribution is 6.02. The van der Waals surface area contributed by atoms with E-state index in [1.165, 1.54) is 0 Å². The van der Waals surface area contributed by atoms with Crippen LogP contribution in [-0.2, 0) is 0 Å². The summed E-state index contributed by atoms with van der Waals surface area (Å²) in [4.78, 5) is 27.6. The first-order chi connectivity index (χ1) is 14.0. The van der Waals surface area contributed by atoms with Gasteiger partial charge >= 0.3 is 0 Å². The van der Waals surface area contributed by atoms with E-state index in [9.17, 15) is 13.6 Å². The van der Waals surface area contributed by atoms with Crippen molar-refractivity contribution in [2.75, 3.05) is 13.1 Å². The van der Waals surface area contributed by atoms with Gasteiger partial charge in [0.25, 0.3) is 11.8 Å². The van der Waals surface area contributed by atoms with Gasteiger partial charge in [0.05, 0.1) is 19.3 Å². The van der Waals surface area contributed by atoms with Gasteiger partial charge in [0.2, 0.25) is 5.95 Å². The summed E-state index contributed by atoms with van der Waals surface area (Å²) >= 11 is 0. The van der Waals surface area contributed by atoms with Gasteiger partial charge in [-0.3, -0.25) is 19.4 Å². The van der Waals surface area contributed by atoms with Gasteiger partial charge in [-0.2, -0.15) is 5.10 Å². The van der Waals surface area contributed by atoms with Crippen LogP contribution in [0.5, 0.6) is 0 Å². The van der Waals surface area contributed by atoms with Crippen molar-refractivity contribution in [3.63, 3.8) is 0 Å². The lowest BCUT2D eigenvalue weighted by atomic mass is 9.88. The number of amides is 1. The molecule has 2 aliphatic rings. The Morgan fingerprint density at radius 3 is 2.69 bits per heavy atom. The van der Waals surface area contributed by atoms with Crippen LogP contribution in [0.25, 0.3) is 17.0 Å². The predicted octanol–water partition coefficient (Wildman–Crippen LogP) is 1.53. The molecule has 3 aromatic heterocycles. The van der Waals surface area contributed by atoms with Crippen molar-refractivity contribution in [2.45, 2.75) is 43.7 Å². The molecule has 2 fully saturated rings. The van der Waals surface area contributed by atoms with Gasteiger partial charge in [-0.05, 0) is 25.7 Å². The Balaban J connectivity index is 1.28. The second kappa shape index (κ2) is 6.83. The van der Waals surface area contributed by atoms with Gasteiger partial charge in [-0.1, -0.05) is 0 Å². The number of nitrogens with zero attached hydrogens (tertiary/aromatic N) is 6. The maximum Gasteiger partial charge on any atom is 0.272 e. The molecular formula is C18H20F2N8O. The van der Waals surface area contributed by atoms with Crippen LogP contribution in [0.15, 0.2) is 24.9 Å². The topological polar surface area (TPSA) is 105 Å². The molecule has 4 heterocycles. The Hall–Kier alpha value is -2.95. The van der Waals surface area contributed by atoms with Gasteiger partial charge in [0, 0.05) is 24.5 Å². The fourth-order valence-corrected chi connectivity index (χ4v) is 4.13. The van der Waals surface area contributed by atoms with Crippen molar-refractivity contribution < 1.29 is 13.6 Å². The number of nitrogens with one attached hydrogen (secondary N) is 2. The third-order valence-corrected chi connectivity index (χ3v) is 5.66. The molecule has 0 bridgehead atoms. The van der Waals surface area contributed by atoms with Crippen molar-refractivity contribution in [1.82, 2.24) is 39.9 Å². The van der Waals surface area contributed by atoms with Crippen molar-refractivity contribution >= 4 is 16.9 Å². The van der Waals surface area contributed by atoms with Crippen LogP contribution in [0.2, 0.25) is 0 Å². The second-order valence-corrected chi connectivity index (χ2v) is 7.71. The molecule has 0 spiro atoms. The zero-order valence-electron chi connectivity index (χ0n) is 15.6. The van der Waals surface area contributed by atoms with E-state index in [1.807, 2.05) is 4.90 Å². The lowest BCUT2D eigenvalue weighted by Gasteiger charge is -2.46. The average Bonchev–Trinajstić information content (AvgIpc) is 3.37. The van der Waals surface area contributed by atoms with Crippen LogP contribution >= 0.6 is 0 Å². The molecule has 1 saturated carbocycles. The van der Waals surface area contributed by atoms with Crippen LogP contribution in [-0.4, -0.2) is 71.6 Å². The predicted molar refractivity (Wildman–Crippen MR) is 98.8 cm³/mol. The number of hydrogen-bond acceptors (Lipinski definition) is 6. The van der Waals surface area contributed by atoms with Crippen LogP contribution in [0.1, 0.15) is 36.2 Å². The molecule has 1 saturated heterocycles. The molecule has 29 heavy (non-hydrogen) atoms. The molecule has 2 N–H and O–H groups in total. The first-order valence-electron chi connectivity index (χ1n) is 9.61. The van der Waals surface area contributed by atoms with Gasteiger partial charge in [-0.25, -0.2) is 23.7 Å². The smallest absolute Gasteiger partial charge is 0.272 e. The van der Waals surface area contributed by atoms with Crippen LogP contribution in [0, 0.1) is 0 Å². The number of rotatable bonds is 4. The number of carbonyl (C=O) groups is 1. The highest BCUT2D eigenvalue weighted by Crippen LogP contribution is 2.33. The monoisotopic (exact) mass is 402 g/mol. The average molecular weight is 402 g/mol. The Kier molecular flexibility index (Phi) is 4.26. The number of imidazole rings is 1. The number of H-pyrrole nitrogens is 1. The van der Waals surface area contributed by atoms with E-state index < -0.39 is 5.92 Å². The first-order valence-corrected chi connectivity index (χ1v) is 9.61. The molecule has 9 nitrogen and oxygen atoms in total. The number of aromatic amines is 1. The lowest BCUT2D eigenvalue weighted by Crippen LogP contribution is -2.60. The maximum atomic E-state index is 13.1. The molecule has 1 amide bonds. The number of likely N-dealkylation sites (tertiary alicyclic amines) is 1. The van der Waals surface area contributed by atoms with Crippen LogP contribution < -0.4 is 5.32 Å². The summed E-state index contributed by atoms with van der Waals surface area (Å²) in [5.41, 5.74) is 1.24. The van der Waals surface area contributed by atoms with E-state index in [-0.39, 0.29) is 36.8 Å². The highest BCUT2D eigenvalue weighted by atomic mass is 19.3. The van der Waals surface area contributed by atoms with E-state index >= 15 is 0 Å². The quantitative estimate of drug-likeness (QED) is 0.686. The molecule has 0 atom stereocenters. The number of hydrogen-bond donors (Lipinski definition) is 2. The number of fused-ring (bicyclic) bond motifs is 1. The first kappa shape index (κ1) is 18.1. The van der Waals surface area contributed by atoms with E-state index in [4.69, 9.17) is 0 Å². The zero-order chi connectivity index (χ0) is 20.0. The van der Waals surface area contributed by atoms with Gasteiger partial charge < -0.3 is 5.32 Å². The number of halogens is 2. The largest absolute Gasteiger partial charge is 0.348 e. The standard InChI is InChI=1S/C18H20F2N8O/c19-18(20)8-28(9-18)12-3-1-11(2-4-12)23-16(29)15-14-13(7-22-26-14)24-17(25-15)27-6-5-21-10-27/h5-7,10-12H,1-4,8-9H2,(H,22,26)(H,23,29). The van der Waals surface area contributed by atoms with Crippen LogP contribution in [0.4, 0.5) is 8.78 Å². The zero-order valence-corrected chi connectivity index (χ0v) is 15.6. The molecular weight excluding hydrogens is 382 g/mol.